The highest BCUT2D eigenvalue weighted by Crippen LogP contribution is 2.20. The topological polar surface area (TPSA) is 72.2 Å². The Hall–Kier alpha value is -1.63. The number of aromatic nitrogens is 4. The zero-order chi connectivity index (χ0) is 14.7. The van der Waals surface area contributed by atoms with E-state index in [0.717, 1.165) is 17.8 Å². The first-order valence-corrected chi connectivity index (χ1v) is 7.54. The van der Waals surface area contributed by atoms with Crippen LogP contribution in [-0.2, 0) is 4.79 Å². The van der Waals surface area contributed by atoms with Gasteiger partial charge in [-0.25, -0.2) is 9.50 Å². The van der Waals surface area contributed by atoms with Gasteiger partial charge in [-0.15, -0.1) is 5.10 Å². The minimum atomic E-state index is -0.222. The average molecular weight is 293 g/mol. The van der Waals surface area contributed by atoms with Gasteiger partial charge in [-0.3, -0.25) is 4.79 Å². The Kier molecular flexibility index (Phi) is 4.59. The van der Waals surface area contributed by atoms with Crippen LogP contribution in [0.3, 0.4) is 0 Å². The first-order valence-electron chi connectivity index (χ1n) is 6.66. The predicted octanol–water partition coefficient (Wildman–Crippen LogP) is 1.75. The largest absolute Gasteiger partial charge is 0.355 e. The van der Waals surface area contributed by atoms with Crippen LogP contribution in [0.2, 0.25) is 0 Å². The molecule has 0 unspecified atom stereocenters. The lowest BCUT2D eigenvalue weighted by Gasteiger charge is -2.08. The van der Waals surface area contributed by atoms with Crippen LogP contribution in [0.1, 0.15) is 31.7 Å². The van der Waals surface area contributed by atoms with Crippen molar-refractivity contribution in [1.29, 1.82) is 0 Å². The number of hydrogen-bond acceptors (Lipinski definition) is 5. The van der Waals surface area contributed by atoms with Gasteiger partial charge >= 0.3 is 0 Å². The molecular formula is C13H19N5OS. The molecule has 2 heterocycles. The fourth-order valence-electron chi connectivity index (χ4n) is 1.80. The zero-order valence-electron chi connectivity index (χ0n) is 12.2. The molecule has 1 amide bonds. The van der Waals surface area contributed by atoms with E-state index in [1.165, 1.54) is 11.8 Å². The summed E-state index contributed by atoms with van der Waals surface area (Å²) in [6.45, 7) is 8.46. The third kappa shape index (κ3) is 3.27. The van der Waals surface area contributed by atoms with Crippen LogP contribution >= 0.6 is 11.8 Å². The van der Waals surface area contributed by atoms with Crippen LogP contribution in [0.15, 0.2) is 11.2 Å². The molecule has 0 spiro atoms. The molecule has 0 saturated heterocycles. The molecule has 0 aliphatic heterocycles. The minimum absolute atomic E-state index is 0.0107. The Bertz CT molecular complexity index is 624. The molecule has 2 aromatic rings. The fraction of sp³-hybridized carbons (Fsp3) is 0.538. The quantitative estimate of drug-likeness (QED) is 0.850. The van der Waals surface area contributed by atoms with Gasteiger partial charge in [0.15, 0.2) is 0 Å². The van der Waals surface area contributed by atoms with E-state index in [1.807, 2.05) is 33.8 Å². The second-order valence-corrected chi connectivity index (χ2v) is 6.00. The van der Waals surface area contributed by atoms with E-state index in [1.54, 1.807) is 4.52 Å². The molecular weight excluding hydrogens is 274 g/mol. The Labute approximate surface area is 122 Å². The number of amides is 1. The van der Waals surface area contributed by atoms with Crippen molar-refractivity contribution in [2.75, 3.05) is 6.54 Å². The van der Waals surface area contributed by atoms with Crippen molar-refractivity contribution in [3.63, 3.8) is 0 Å². The van der Waals surface area contributed by atoms with Crippen LogP contribution in [0.25, 0.3) is 5.78 Å². The van der Waals surface area contributed by atoms with Gasteiger partial charge in [0.2, 0.25) is 11.1 Å². The molecule has 0 saturated carbocycles. The van der Waals surface area contributed by atoms with Gasteiger partial charge in [0.1, 0.15) is 0 Å². The van der Waals surface area contributed by atoms with E-state index < -0.39 is 0 Å². The maximum atomic E-state index is 11.8. The monoisotopic (exact) mass is 293 g/mol. The fourth-order valence-corrected chi connectivity index (χ4v) is 2.57. The summed E-state index contributed by atoms with van der Waals surface area (Å²) >= 11 is 1.35. The number of thioether (sulfide) groups is 1. The Balaban J connectivity index is 2.14. The minimum Gasteiger partial charge on any atom is -0.355 e. The molecule has 1 N–H and O–H groups in total. The summed E-state index contributed by atoms with van der Waals surface area (Å²) in [5.41, 5.74) is 1.89. The standard InChI is InChI=1S/C13H19N5OS/c1-5-6-14-11(19)10(4)20-13-16-12-15-8(2)7-9(3)18(12)17-13/h7,10H,5-6H2,1-4H3,(H,14,19)/t10-/m1/s1. The lowest BCUT2D eigenvalue weighted by molar-refractivity contribution is -0.120. The summed E-state index contributed by atoms with van der Waals surface area (Å²) in [5, 5.41) is 7.60. The predicted molar refractivity (Wildman–Crippen MR) is 78.9 cm³/mol. The Morgan fingerprint density at radius 3 is 2.90 bits per heavy atom. The smallest absolute Gasteiger partial charge is 0.253 e. The molecule has 20 heavy (non-hydrogen) atoms. The molecule has 0 fully saturated rings. The summed E-state index contributed by atoms with van der Waals surface area (Å²) in [6.07, 6.45) is 0.929. The van der Waals surface area contributed by atoms with Gasteiger partial charge in [-0.05, 0) is 33.3 Å². The molecule has 0 aromatic carbocycles. The lowest BCUT2D eigenvalue weighted by Crippen LogP contribution is -2.31. The highest BCUT2D eigenvalue weighted by Gasteiger charge is 2.17. The van der Waals surface area contributed by atoms with Gasteiger partial charge in [0.25, 0.3) is 5.78 Å². The van der Waals surface area contributed by atoms with Crippen molar-refractivity contribution < 1.29 is 4.79 Å². The highest BCUT2D eigenvalue weighted by molar-refractivity contribution is 8.00. The lowest BCUT2D eigenvalue weighted by atomic mass is 10.4. The van der Waals surface area contributed by atoms with Gasteiger partial charge in [0.05, 0.1) is 5.25 Å². The SMILES string of the molecule is CCCNC(=O)[C@@H](C)Sc1nc2nc(C)cc(C)n2n1. The van der Waals surface area contributed by atoms with Crippen molar-refractivity contribution in [3.8, 4) is 0 Å². The van der Waals surface area contributed by atoms with Crippen molar-refractivity contribution in [2.45, 2.75) is 44.5 Å². The molecule has 0 aliphatic carbocycles. The second kappa shape index (κ2) is 6.21. The van der Waals surface area contributed by atoms with Crippen LogP contribution in [0.5, 0.6) is 0 Å². The second-order valence-electron chi connectivity index (χ2n) is 4.70. The first-order chi connectivity index (χ1) is 9.51. The maximum absolute atomic E-state index is 11.8. The van der Waals surface area contributed by atoms with Crippen LogP contribution in [0, 0.1) is 13.8 Å². The number of hydrogen-bond donors (Lipinski definition) is 1. The summed E-state index contributed by atoms with van der Waals surface area (Å²) in [7, 11) is 0. The van der Waals surface area contributed by atoms with Crippen molar-refractivity contribution in [3.05, 3.63) is 17.5 Å². The molecule has 0 radical (unpaired) electrons. The summed E-state index contributed by atoms with van der Waals surface area (Å²) in [5.74, 6) is 0.586. The highest BCUT2D eigenvalue weighted by atomic mass is 32.2. The molecule has 7 heteroatoms. The van der Waals surface area contributed by atoms with E-state index in [-0.39, 0.29) is 11.2 Å². The van der Waals surface area contributed by atoms with E-state index in [2.05, 4.69) is 20.4 Å². The summed E-state index contributed by atoms with van der Waals surface area (Å²) < 4.78 is 1.70. The number of aryl methyl sites for hydroxylation is 2. The van der Waals surface area contributed by atoms with Gasteiger partial charge in [-0.2, -0.15) is 4.98 Å². The number of carbonyl (C=O) groups is 1. The van der Waals surface area contributed by atoms with Crippen molar-refractivity contribution >= 4 is 23.4 Å². The maximum Gasteiger partial charge on any atom is 0.253 e. The van der Waals surface area contributed by atoms with Gasteiger partial charge in [0, 0.05) is 17.9 Å². The normalized spacial score (nSPS) is 12.6. The van der Waals surface area contributed by atoms with Crippen molar-refractivity contribution in [1.82, 2.24) is 24.9 Å². The number of carbonyl (C=O) groups excluding carboxylic acids is 1. The van der Waals surface area contributed by atoms with E-state index in [0.29, 0.717) is 17.5 Å². The molecule has 108 valence electrons. The molecule has 6 nitrogen and oxygen atoms in total. The zero-order valence-corrected chi connectivity index (χ0v) is 13.0. The summed E-state index contributed by atoms with van der Waals surface area (Å²) in [4.78, 5) is 20.5. The van der Waals surface area contributed by atoms with E-state index in [9.17, 15) is 4.79 Å². The number of nitrogens with one attached hydrogen (secondary N) is 1. The van der Waals surface area contributed by atoms with Crippen LogP contribution in [-0.4, -0.2) is 37.3 Å². The summed E-state index contributed by atoms with van der Waals surface area (Å²) in [6, 6.07) is 1.95. The third-order valence-electron chi connectivity index (χ3n) is 2.80. The van der Waals surface area contributed by atoms with Crippen LogP contribution in [0.4, 0.5) is 0 Å². The van der Waals surface area contributed by atoms with E-state index in [4.69, 9.17) is 0 Å². The van der Waals surface area contributed by atoms with Gasteiger partial charge in [-0.1, -0.05) is 18.7 Å². The van der Waals surface area contributed by atoms with Crippen LogP contribution < -0.4 is 5.32 Å². The Morgan fingerprint density at radius 2 is 2.20 bits per heavy atom. The molecule has 2 rings (SSSR count). The number of rotatable bonds is 5. The molecule has 0 bridgehead atoms. The third-order valence-corrected chi connectivity index (χ3v) is 3.75. The molecule has 1 atom stereocenters. The molecule has 0 aliphatic rings. The number of fused-ring (bicyclic) bond motifs is 1. The Morgan fingerprint density at radius 1 is 1.45 bits per heavy atom. The number of nitrogens with zero attached hydrogens (tertiary/aromatic N) is 4. The van der Waals surface area contributed by atoms with Crippen molar-refractivity contribution in [2.24, 2.45) is 0 Å². The van der Waals surface area contributed by atoms with Gasteiger partial charge < -0.3 is 5.32 Å². The first kappa shape index (κ1) is 14.8. The average Bonchev–Trinajstić information content (AvgIpc) is 2.78. The van der Waals surface area contributed by atoms with E-state index >= 15 is 0 Å². The molecule has 2 aromatic heterocycles.